The van der Waals surface area contributed by atoms with Crippen molar-refractivity contribution in [3.8, 4) is 0 Å². The highest BCUT2D eigenvalue weighted by Crippen LogP contribution is 2.30. The highest BCUT2D eigenvalue weighted by Gasteiger charge is 2.37. The summed E-state index contributed by atoms with van der Waals surface area (Å²) < 4.78 is 25.2. The van der Waals surface area contributed by atoms with Crippen molar-refractivity contribution in [1.82, 2.24) is 14.8 Å². The third-order valence-electron chi connectivity index (χ3n) is 2.74. The Morgan fingerprint density at radius 1 is 1.71 bits per heavy atom. The van der Waals surface area contributed by atoms with Crippen LogP contribution in [0.15, 0.2) is 6.33 Å². The summed E-state index contributed by atoms with van der Waals surface area (Å²) in [7, 11) is -2.93. The van der Waals surface area contributed by atoms with E-state index in [4.69, 9.17) is 12.2 Å². The van der Waals surface area contributed by atoms with Gasteiger partial charge >= 0.3 is 0 Å². The van der Waals surface area contributed by atoms with Gasteiger partial charge in [0.2, 0.25) is 0 Å². The number of H-pyrrole nitrogens is 1. The first-order chi connectivity index (χ1) is 6.52. The lowest BCUT2D eigenvalue weighted by molar-refractivity contribution is 0.490. The van der Waals surface area contributed by atoms with Gasteiger partial charge in [0.1, 0.15) is 6.33 Å². The highest BCUT2D eigenvalue weighted by molar-refractivity contribution is 7.92. The number of hydrogen-bond acceptors (Lipinski definition) is 4. The van der Waals surface area contributed by atoms with Crippen LogP contribution in [0.1, 0.15) is 19.4 Å². The summed E-state index contributed by atoms with van der Waals surface area (Å²) in [6, 6.07) is -0.0637. The van der Waals surface area contributed by atoms with Crippen LogP contribution in [0, 0.1) is 4.77 Å². The van der Waals surface area contributed by atoms with E-state index in [1.165, 1.54) is 0 Å². The van der Waals surface area contributed by atoms with Gasteiger partial charge < -0.3 is 4.57 Å². The first-order valence-electron chi connectivity index (χ1n) is 4.35. The molecule has 0 aliphatic carbocycles. The quantitative estimate of drug-likeness (QED) is 0.725. The van der Waals surface area contributed by atoms with Gasteiger partial charge in [0.15, 0.2) is 14.6 Å². The molecule has 2 heterocycles. The van der Waals surface area contributed by atoms with E-state index in [9.17, 15) is 8.42 Å². The number of nitrogens with one attached hydrogen (secondary N) is 1. The largest absolute Gasteiger partial charge is 0.302 e. The van der Waals surface area contributed by atoms with Crippen molar-refractivity contribution in [2.45, 2.75) is 24.6 Å². The summed E-state index contributed by atoms with van der Waals surface area (Å²) in [5, 5.41) is 6.05. The van der Waals surface area contributed by atoms with E-state index in [2.05, 4.69) is 10.2 Å². The molecule has 5 nitrogen and oxygen atoms in total. The summed E-state index contributed by atoms with van der Waals surface area (Å²) in [5.74, 6) is 0.242. The summed E-state index contributed by atoms with van der Waals surface area (Å²) >= 11 is 5.00. The molecule has 0 bridgehead atoms. The van der Waals surface area contributed by atoms with Crippen molar-refractivity contribution in [2.24, 2.45) is 0 Å². The molecule has 0 aromatic carbocycles. The van der Waals surface area contributed by atoms with Crippen LogP contribution < -0.4 is 0 Å². The van der Waals surface area contributed by atoms with Gasteiger partial charge in [-0.25, -0.2) is 8.42 Å². The van der Waals surface area contributed by atoms with Gasteiger partial charge in [0, 0.05) is 0 Å². The van der Waals surface area contributed by atoms with Gasteiger partial charge in [-0.2, -0.15) is 5.10 Å². The molecule has 1 saturated heterocycles. The van der Waals surface area contributed by atoms with E-state index in [0.29, 0.717) is 11.2 Å². The zero-order chi connectivity index (χ0) is 10.3. The first kappa shape index (κ1) is 9.85. The van der Waals surface area contributed by atoms with Crippen molar-refractivity contribution >= 4 is 22.1 Å². The minimum absolute atomic E-state index is 0.0637. The molecule has 1 N–H and O–H groups in total. The average molecular weight is 233 g/mol. The fraction of sp³-hybridized carbons (Fsp3) is 0.714. The van der Waals surface area contributed by atoms with Crippen LogP contribution >= 0.6 is 12.2 Å². The van der Waals surface area contributed by atoms with Gasteiger partial charge in [0.25, 0.3) is 0 Å². The van der Waals surface area contributed by atoms with Gasteiger partial charge in [-0.05, 0) is 25.6 Å². The normalized spacial score (nSPS) is 30.6. The Hall–Kier alpha value is -0.690. The van der Waals surface area contributed by atoms with Crippen LogP contribution in [0.25, 0.3) is 0 Å². The number of aromatic amines is 1. The number of nitrogens with zero attached hydrogens (tertiary/aromatic N) is 2. The molecule has 14 heavy (non-hydrogen) atoms. The van der Waals surface area contributed by atoms with E-state index in [-0.39, 0.29) is 17.0 Å². The third kappa shape index (κ3) is 1.40. The fourth-order valence-electron chi connectivity index (χ4n) is 1.80. The topological polar surface area (TPSA) is 67.8 Å². The second-order valence-corrected chi connectivity index (χ2v) is 6.36. The van der Waals surface area contributed by atoms with Gasteiger partial charge in [-0.1, -0.05) is 0 Å². The number of aromatic nitrogens is 3. The van der Waals surface area contributed by atoms with E-state index in [0.717, 1.165) is 0 Å². The van der Waals surface area contributed by atoms with Crippen molar-refractivity contribution in [3.63, 3.8) is 0 Å². The molecule has 0 radical (unpaired) electrons. The molecule has 2 unspecified atom stereocenters. The average Bonchev–Trinajstić information content (AvgIpc) is 2.61. The third-order valence-corrected chi connectivity index (χ3v) is 5.29. The van der Waals surface area contributed by atoms with Crippen molar-refractivity contribution < 1.29 is 8.42 Å². The highest BCUT2D eigenvalue weighted by atomic mass is 32.2. The Morgan fingerprint density at radius 3 is 2.86 bits per heavy atom. The standard InChI is InChI=1S/C7H11N3O2S2/c1-5-6(2-3-14(5,11)12)10-4-8-9-7(10)13/h4-6H,2-3H2,1H3,(H,9,13). The molecule has 0 amide bonds. The lowest BCUT2D eigenvalue weighted by atomic mass is 10.2. The summed E-state index contributed by atoms with van der Waals surface area (Å²) in [4.78, 5) is 0. The minimum atomic E-state index is -2.93. The molecule has 1 fully saturated rings. The molecule has 0 saturated carbocycles. The summed E-state index contributed by atoms with van der Waals surface area (Å²) in [6.07, 6.45) is 2.18. The molecule has 1 aliphatic heterocycles. The van der Waals surface area contributed by atoms with Crippen LogP contribution in [0.4, 0.5) is 0 Å². The SMILES string of the molecule is CC1C(n2cn[nH]c2=S)CCS1(=O)=O. The van der Waals surface area contributed by atoms with Crippen LogP contribution in [-0.2, 0) is 9.84 Å². The second-order valence-electron chi connectivity index (χ2n) is 3.50. The van der Waals surface area contributed by atoms with Gasteiger partial charge in [-0.3, -0.25) is 5.10 Å². The molecule has 1 aromatic heterocycles. The number of sulfone groups is 1. The maximum absolute atomic E-state index is 11.5. The Kier molecular flexibility index (Phi) is 2.23. The predicted molar refractivity (Wildman–Crippen MR) is 54.3 cm³/mol. The Balaban J connectivity index is 2.41. The molecule has 2 atom stereocenters. The van der Waals surface area contributed by atoms with Crippen molar-refractivity contribution in [1.29, 1.82) is 0 Å². The van der Waals surface area contributed by atoms with Gasteiger partial charge in [-0.15, -0.1) is 0 Å². The Bertz CT molecular complexity index is 487. The van der Waals surface area contributed by atoms with Crippen LogP contribution in [-0.4, -0.2) is 34.2 Å². The lowest BCUT2D eigenvalue weighted by Crippen LogP contribution is -2.21. The maximum Gasteiger partial charge on any atom is 0.195 e. The number of rotatable bonds is 1. The zero-order valence-electron chi connectivity index (χ0n) is 7.67. The molecule has 1 aliphatic rings. The van der Waals surface area contributed by atoms with E-state index < -0.39 is 9.84 Å². The zero-order valence-corrected chi connectivity index (χ0v) is 9.31. The van der Waals surface area contributed by atoms with E-state index >= 15 is 0 Å². The van der Waals surface area contributed by atoms with Crippen LogP contribution in [0.2, 0.25) is 0 Å². The molecule has 1 aromatic rings. The Morgan fingerprint density at radius 2 is 2.43 bits per heavy atom. The van der Waals surface area contributed by atoms with Gasteiger partial charge in [0.05, 0.1) is 17.0 Å². The predicted octanol–water partition coefficient (Wildman–Crippen LogP) is 0.689. The maximum atomic E-state index is 11.5. The number of hydrogen-bond donors (Lipinski definition) is 1. The fourth-order valence-corrected chi connectivity index (χ4v) is 3.73. The monoisotopic (exact) mass is 233 g/mol. The van der Waals surface area contributed by atoms with Crippen LogP contribution in [0.3, 0.4) is 0 Å². The molecular formula is C7H11N3O2S2. The second kappa shape index (κ2) is 3.16. The summed E-state index contributed by atoms with van der Waals surface area (Å²) in [6.45, 7) is 1.72. The van der Waals surface area contributed by atoms with E-state index in [1.54, 1.807) is 17.8 Å². The van der Waals surface area contributed by atoms with Crippen molar-refractivity contribution in [3.05, 3.63) is 11.1 Å². The van der Waals surface area contributed by atoms with Crippen LogP contribution in [0.5, 0.6) is 0 Å². The lowest BCUT2D eigenvalue weighted by Gasteiger charge is -2.14. The first-order valence-corrected chi connectivity index (χ1v) is 6.48. The smallest absolute Gasteiger partial charge is 0.195 e. The Labute approximate surface area is 87.1 Å². The molecule has 0 spiro atoms. The molecule has 7 heteroatoms. The van der Waals surface area contributed by atoms with E-state index in [1.807, 2.05) is 0 Å². The molecule has 2 rings (SSSR count). The molecule has 78 valence electrons. The summed E-state index contributed by atoms with van der Waals surface area (Å²) in [5.41, 5.74) is 0. The minimum Gasteiger partial charge on any atom is -0.302 e. The van der Waals surface area contributed by atoms with Crippen molar-refractivity contribution in [2.75, 3.05) is 5.75 Å². The molecular weight excluding hydrogens is 222 g/mol.